The second-order valence-corrected chi connectivity index (χ2v) is 9.79. The Balaban J connectivity index is 1.63. The van der Waals surface area contributed by atoms with Gasteiger partial charge in [-0.2, -0.15) is 0 Å². The van der Waals surface area contributed by atoms with Gasteiger partial charge in [0, 0.05) is 5.69 Å². The maximum atomic E-state index is 13.4. The van der Waals surface area contributed by atoms with E-state index in [4.69, 9.17) is 0 Å². The van der Waals surface area contributed by atoms with Crippen LogP contribution in [0.15, 0.2) is 48.5 Å². The highest BCUT2D eigenvalue weighted by atomic mass is 16.4. The molecule has 0 spiro atoms. The first-order valence-electron chi connectivity index (χ1n) is 12.4. The average Bonchev–Trinajstić information content (AvgIpc) is 2.84. The molecule has 0 radical (unpaired) electrons. The van der Waals surface area contributed by atoms with Crippen LogP contribution in [-0.4, -0.2) is 29.1 Å². The highest BCUT2D eigenvalue weighted by molar-refractivity contribution is 6.10. The summed E-state index contributed by atoms with van der Waals surface area (Å²) in [5, 5.41) is 20.0. The fourth-order valence-electron chi connectivity index (χ4n) is 5.24. The Hall–Kier alpha value is -3.87. The van der Waals surface area contributed by atoms with Crippen LogP contribution in [0.1, 0.15) is 59.2 Å². The third kappa shape index (κ3) is 5.67. The molecule has 1 saturated carbocycles. The molecular weight excluding hydrogens is 454 g/mol. The Morgan fingerprint density at radius 2 is 1.47 bits per heavy atom. The molecule has 3 aromatic carbocycles. The Morgan fingerprint density at radius 3 is 2.08 bits per heavy atom. The molecule has 0 aliphatic heterocycles. The average molecular weight is 488 g/mol. The van der Waals surface area contributed by atoms with Crippen molar-refractivity contribution in [1.82, 2.24) is 5.32 Å². The van der Waals surface area contributed by atoms with Crippen LogP contribution in [-0.2, 0) is 4.79 Å². The molecule has 7 nitrogen and oxygen atoms in total. The Kier molecular flexibility index (Phi) is 7.58. The van der Waals surface area contributed by atoms with E-state index in [9.17, 15) is 19.5 Å². The van der Waals surface area contributed by atoms with Gasteiger partial charge in [0.1, 0.15) is 6.04 Å². The first-order valence-corrected chi connectivity index (χ1v) is 12.4. The molecule has 188 valence electrons. The second-order valence-electron chi connectivity index (χ2n) is 9.79. The third-order valence-corrected chi connectivity index (χ3v) is 6.97. The van der Waals surface area contributed by atoms with Gasteiger partial charge in [0.05, 0.1) is 11.3 Å². The normalized spacial score (nSPS) is 14.8. The van der Waals surface area contributed by atoms with E-state index in [0.29, 0.717) is 11.4 Å². The van der Waals surface area contributed by atoms with Gasteiger partial charge in [0.2, 0.25) is 0 Å². The first-order chi connectivity index (χ1) is 17.2. The van der Waals surface area contributed by atoms with Crippen LogP contribution in [0, 0.1) is 26.7 Å². The second kappa shape index (κ2) is 10.8. The van der Waals surface area contributed by atoms with Gasteiger partial charge >= 0.3 is 12.0 Å². The van der Waals surface area contributed by atoms with E-state index in [1.54, 1.807) is 12.1 Å². The fourth-order valence-corrected chi connectivity index (χ4v) is 5.24. The van der Waals surface area contributed by atoms with Crippen LogP contribution in [0.5, 0.6) is 0 Å². The molecule has 0 bridgehead atoms. The number of carboxylic acid groups (broad SMARTS) is 1. The van der Waals surface area contributed by atoms with Gasteiger partial charge < -0.3 is 21.1 Å². The summed E-state index contributed by atoms with van der Waals surface area (Å²) in [5.41, 5.74) is 4.25. The molecule has 4 rings (SSSR count). The van der Waals surface area contributed by atoms with Crippen LogP contribution in [0.3, 0.4) is 0 Å². The molecule has 1 fully saturated rings. The topological polar surface area (TPSA) is 108 Å². The van der Waals surface area contributed by atoms with Crippen molar-refractivity contribution in [1.29, 1.82) is 0 Å². The van der Waals surface area contributed by atoms with Crippen molar-refractivity contribution in [3.63, 3.8) is 0 Å². The van der Waals surface area contributed by atoms with Crippen molar-refractivity contribution in [2.24, 2.45) is 5.92 Å². The van der Waals surface area contributed by atoms with Gasteiger partial charge in [-0.1, -0.05) is 61.2 Å². The molecule has 1 aliphatic rings. The number of nitrogens with one attached hydrogen (secondary N) is 3. The van der Waals surface area contributed by atoms with Crippen LogP contribution in [0.2, 0.25) is 0 Å². The first kappa shape index (κ1) is 25.2. The van der Waals surface area contributed by atoms with E-state index >= 15 is 0 Å². The monoisotopic (exact) mass is 487 g/mol. The highest BCUT2D eigenvalue weighted by Gasteiger charge is 2.31. The molecule has 1 aliphatic carbocycles. The number of anilines is 2. The number of carbonyl (C=O) groups is 3. The SMILES string of the molecule is Cc1cc(C)c(NC(=O)Nc2cc3ccccc3cc2C(=O)N[C@@H](C(=O)O)C2CCCCC2)c(C)c1. The van der Waals surface area contributed by atoms with Crippen LogP contribution >= 0.6 is 0 Å². The number of carboxylic acids is 1. The number of benzene rings is 3. The molecule has 7 heteroatoms. The summed E-state index contributed by atoms with van der Waals surface area (Å²) >= 11 is 0. The van der Waals surface area contributed by atoms with E-state index in [1.807, 2.05) is 57.2 Å². The number of rotatable bonds is 6. The third-order valence-electron chi connectivity index (χ3n) is 6.97. The van der Waals surface area contributed by atoms with Crippen LogP contribution < -0.4 is 16.0 Å². The Labute approximate surface area is 211 Å². The van der Waals surface area contributed by atoms with Crippen molar-refractivity contribution in [2.45, 2.75) is 58.9 Å². The van der Waals surface area contributed by atoms with Crippen LogP contribution in [0.4, 0.5) is 16.2 Å². The summed E-state index contributed by atoms with van der Waals surface area (Å²) in [6.07, 6.45) is 4.57. The van der Waals surface area contributed by atoms with Gasteiger partial charge in [0.25, 0.3) is 5.91 Å². The summed E-state index contributed by atoms with van der Waals surface area (Å²) in [6, 6.07) is 13.5. The van der Waals surface area contributed by atoms with Crippen LogP contribution in [0.25, 0.3) is 10.8 Å². The zero-order valence-electron chi connectivity index (χ0n) is 21.0. The number of hydrogen-bond acceptors (Lipinski definition) is 3. The minimum atomic E-state index is -1.03. The molecular formula is C29H33N3O4. The summed E-state index contributed by atoms with van der Waals surface area (Å²) in [7, 11) is 0. The zero-order chi connectivity index (χ0) is 25.8. The number of fused-ring (bicyclic) bond motifs is 1. The van der Waals surface area contributed by atoms with E-state index in [0.717, 1.165) is 59.6 Å². The number of carbonyl (C=O) groups excluding carboxylic acids is 2. The van der Waals surface area contributed by atoms with Gasteiger partial charge in [-0.05, 0) is 73.6 Å². The van der Waals surface area contributed by atoms with Crippen molar-refractivity contribution in [2.75, 3.05) is 10.6 Å². The quantitative estimate of drug-likeness (QED) is 0.333. The minimum absolute atomic E-state index is 0.104. The van der Waals surface area contributed by atoms with Crippen molar-refractivity contribution in [3.8, 4) is 0 Å². The standard InChI is InChI=1S/C29H33N3O4/c1-17-13-18(2)25(19(3)14-17)32-29(36)30-24-16-22-12-8-7-11-21(22)15-23(24)27(33)31-26(28(34)35)20-9-5-4-6-10-20/h7-8,11-16,20,26H,4-6,9-10H2,1-3H3,(H,31,33)(H,34,35)(H2,30,32,36)/t26-/m1/s1. The number of aryl methyl sites for hydroxylation is 3. The summed E-state index contributed by atoms with van der Waals surface area (Å²) < 4.78 is 0. The molecule has 0 unspecified atom stereocenters. The predicted octanol–water partition coefficient (Wildman–Crippen LogP) is 6.17. The lowest BCUT2D eigenvalue weighted by Gasteiger charge is -2.28. The van der Waals surface area contributed by atoms with Gasteiger partial charge in [-0.15, -0.1) is 0 Å². The number of urea groups is 1. The molecule has 1 atom stereocenters. The number of aliphatic carboxylic acids is 1. The fraction of sp³-hybridized carbons (Fsp3) is 0.345. The van der Waals surface area contributed by atoms with Crippen molar-refractivity contribution < 1.29 is 19.5 Å². The summed E-state index contributed by atoms with van der Waals surface area (Å²) in [6.45, 7) is 5.87. The minimum Gasteiger partial charge on any atom is -0.480 e. The summed E-state index contributed by atoms with van der Waals surface area (Å²) in [4.78, 5) is 38.5. The highest BCUT2D eigenvalue weighted by Crippen LogP contribution is 2.29. The maximum absolute atomic E-state index is 13.4. The molecule has 3 amide bonds. The molecule has 0 aromatic heterocycles. The maximum Gasteiger partial charge on any atom is 0.326 e. The number of hydrogen-bond donors (Lipinski definition) is 4. The molecule has 0 heterocycles. The molecule has 0 saturated heterocycles. The van der Waals surface area contributed by atoms with Crippen molar-refractivity contribution >= 4 is 40.1 Å². The largest absolute Gasteiger partial charge is 0.480 e. The summed E-state index contributed by atoms with van der Waals surface area (Å²) in [5.74, 6) is -1.65. The van der Waals surface area contributed by atoms with E-state index < -0.39 is 23.9 Å². The Morgan fingerprint density at radius 1 is 0.861 bits per heavy atom. The van der Waals surface area contributed by atoms with Gasteiger partial charge in [0.15, 0.2) is 0 Å². The Bertz CT molecular complexity index is 1290. The lowest BCUT2D eigenvalue weighted by Crippen LogP contribution is -2.46. The van der Waals surface area contributed by atoms with E-state index in [-0.39, 0.29) is 11.5 Å². The molecule has 3 aromatic rings. The van der Waals surface area contributed by atoms with Gasteiger partial charge in [-0.3, -0.25) is 4.79 Å². The molecule has 36 heavy (non-hydrogen) atoms. The smallest absolute Gasteiger partial charge is 0.326 e. The van der Waals surface area contributed by atoms with Gasteiger partial charge in [-0.25, -0.2) is 9.59 Å². The van der Waals surface area contributed by atoms with E-state index in [2.05, 4.69) is 16.0 Å². The predicted molar refractivity (Wildman–Crippen MR) is 143 cm³/mol. The van der Waals surface area contributed by atoms with Crippen molar-refractivity contribution in [3.05, 3.63) is 70.8 Å². The number of amides is 3. The zero-order valence-corrected chi connectivity index (χ0v) is 21.0. The lowest BCUT2D eigenvalue weighted by molar-refractivity contribution is -0.141. The molecule has 4 N–H and O–H groups in total. The lowest BCUT2D eigenvalue weighted by atomic mass is 9.83. The van der Waals surface area contributed by atoms with E-state index in [1.165, 1.54) is 0 Å².